The van der Waals surface area contributed by atoms with Gasteiger partial charge in [0.1, 0.15) is 11.4 Å². The highest BCUT2D eigenvalue weighted by Gasteiger charge is 2.47. The van der Waals surface area contributed by atoms with Crippen molar-refractivity contribution in [2.24, 2.45) is 0 Å². The Morgan fingerprint density at radius 3 is 1.93 bits per heavy atom. The van der Waals surface area contributed by atoms with E-state index in [0.29, 0.717) is 12.1 Å². The molecule has 4 aromatic rings. The molecule has 1 N–H and O–H groups in total. The molecule has 0 saturated carbocycles. The summed E-state index contributed by atoms with van der Waals surface area (Å²) in [5.74, 6) is -3.18. The number of carbonyl (C=O) groups excluding carboxylic acids is 1. The van der Waals surface area contributed by atoms with Gasteiger partial charge < -0.3 is 5.32 Å². The molecule has 4 rings (SSSR count). The Balaban J connectivity index is 2.07. The molecule has 0 spiro atoms. The summed E-state index contributed by atoms with van der Waals surface area (Å²) in [4.78, 5) is 17.6. The number of aromatic nitrogens is 1. The molecule has 43 heavy (non-hydrogen) atoms. The van der Waals surface area contributed by atoms with Crippen LogP contribution in [0.15, 0.2) is 85.1 Å². The van der Waals surface area contributed by atoms with Gasteiger partial charge in [-0.15, -0.1) is 0 Å². The Morgan fingerprint density at radius 1 is 0.721 bits per heavy atom. The van der Waals surface area contributed by atoms with Crippen LogP contribution in [-0.2, 0) is 30.5 Å². The zero-order valence-electron chi connectivity index (χ0n) is 21.3. The predicted molar refractivity (Wildman–Crippen MR) is 135 cm³/mol. The number of hydrogen-bond donors (Lipinski definition) is 1. The standard InChI is InChI=1S/C29H17ClF10N2O/c30-19-8-11-24(41-15-19)26(14-16-4-2-1-3-5-16,21-13-18(27(32,33)34)7-9-20(21)28(35,36)37)42-25(43)17-6-10-23(31)22(12-17)29(38,39)40/h1-13,15H,14H2,(H,42,43). The molecule has 0 aliphatic rings. The van der Waals surface area contributed by atoms with Crippen molar-refractivity contribution in [2.75, 3.05) is 0 Å². The van der Waals surface area contributed by atoms with Gasteiger partial charge in [-0.3, -0.25) is 9.78 Å². The summed E-state index contributed by atoms with van der Waals surface area (Å²) < 4.78 is 139. The van der Waals surface area contributed by atoms with E-state index >= 15 is 0 Å². The van der Waals surface area contributed by atoms with E-state index in [1.54, 1.807) is 6.07 Å². The second-order valence-electron chi connectivity index (χ2n) is 9.33. The zero-order valence-corrected chi connectivity index (χ0v) is 22.1. The van der Waals surface area contributed by atoms with Crippen LogP contribution in [0, 0.1) is 5.82 Å². The zero-order chi connectivity index (χ0) is 31.8. The molecule has 0 aliphatic carbocycles. The van der Waals surface area contributed by atoms with Crippen LogP contribution in [0.5, 0.6) is 0 Å². The van der Waals surface area contributed by atoms with Crippen LogP contribution in [0.3, 0.4) is 0 Å². The van der Waals surface area contributed by atoms with Gasteiger partial charge in [-0.2, -0.15) is 39.5 Å². The van der Waals surface area contributed by atoms with E-state index in [1.807, 2.05) is 0 Å². The summed E-state index contributed by atoms with van der Waals surface area (Å²) >= 11 is 5.91. The first-order valence-electron chi connectivity index (χ1n) is 12.1. The number of halogens is 11. The first-order chi connectivity index (χ1) is 19.9. The molecular formula is C29H17ClF10N2O. The van der Waals surface area contributed by atoms with Crippen LogP contribution in [0.1, 0.15) is 43.9 Å². The van der Waals surface area contributed by atoms with Crippen molar-refractivity contribution in [3.8, 4) is 0 Å². The molecule has 0 fully saturated rings. The maximum absolute atomic E-state index is 14.4. The lowest BCUT2D eigenvalue weighted by Crippen LogP contribution is -2.50. The summed E-state index contributed by atoms with van der Waals surface area (Å²) in [6, 6.07) is 11.3. The number of alkyl halides is 9. The number of amides is 1. The van der Waals surface area contributed by atoms with Crippen LogP contribution < -0.4 is 5.32 Å². The van der Waals surface area contributed by atoms with Crippen molar-refractivity contribution in [3.63, 3.8) is 0 Å². The number of benzene rings is 3. The highest BCUT2D eigenvalue weighted by atomic mass is 35.5. The number of rotatable bonds is 6. The van der Waals surface area contributed by atoms with E-state index in [0.717, 1.165) is 18.3 Å². The van der Waals surface area contributed by atoms with Gasteiger partial charge in [0.15, 0.2) is 0 Å². The molecule has 226 valence electrons. The van der Waals surface area contributed by atoms with E-state index in [-0.39, 0.29) is 34.9 Å². The summed E-state index contributed by atoms with van der Waals surface area (Å²) in [7, 11) is 0. The average molecular weight is 635 g/mol. The molecule has 1 amide bonds. The van der Waals surface area contributed by atoms with Gasteiger partial charge in [0.25, 0.3) is 5.91 Å². The topological polar surface area (TPSA) is 42.0 Å². The third-order valence-electron chi connectivity index (χ3n) is 6.45. The summed E-state index contributed by atoms with van der Waals surface area (Å²) in [5, 5.41) is 2.22. The van der Waals surface area contributed by atoms with Crippen molar-refractivity contribution in [1.29, 1.82) is 0 Å². The molecular weight excluding hydrogens is 618 g/mol. The average Bonchev–Trinajstić information content (AvgIpc) is 2.92. The lowest BCUT2D eigenvalue weighted by molar-refractivity contribution is -0.142. The summed E-state index contributed by atoms with van der Waals surface area (Å²) in [6.07, 6.45) is -15.3. The van der Waals surface area contributed by atoms with E-state index in [2.05, 4.69) is 10.3 Å². The normalized spacial score (nSPS) is 13.8. The van der Waals surface area contributed by atoms with Crippen molar-refractivity contribution in [1.82, 2.24) is 10.3 Å². The number of carbonyl (C=O) groups is 1. The minimum absolute atomic E-state index is 0.0165. The molecule has 1 atom stereocenters. The SMILES string of the molecule is O=C(NC(Cc1ccccc1)(c1ccc(Cl)cn1)c1cc(C(F)(F)F)ccc1C(F)(F)F)c1ccc(F)c(C(F)(F)F)c1. The predicted octanol–water partition coefficient (Wildman–Crippen LogP) is 8.85. The van der Waals surface area contributed by atoms with Crippen LogP contribution in [0.25, 0.3) is 0 Å². The quantitative estimate of drug-likeness (QED) is 0.215. The van der Waals surface area contributed by atoms with Gasteiger partial charge in [0, 0.05) is 18.2 Å². The molecule has 3 nitrogen and oxygen atoms in total. The highest BCUT2D eigenvalue weighted by Crippen LogP contribution is 2.44. The van der Waals surface area contributed by atoms with Gasteiger partial charge in [0.05, 0.1) is 27.4 Å². The molecule has 0 bridgehead atoms. The number of nitrogens with zero attached hydrogens (tertiary/aromatic N) is 1. The smallest absolute Gasteiger partial charge is 0.337 e. The van der Waals surface area contributed by atoms with Crippen LogP contribution in [0.2, 0.25) is 5.02 Å². The monoisotopic (exact) mass is 634 g/mol. The Kier molecular flexibility index (Phi) is 8.51. The Morgan fingerprint density at radius 2 is 1.37 bits per heavy atom. The summed E-state index contributed by atoms with van der Waals surface area (Å²) in [6.45, 7) is 0. The Labute approximate surface area is 242 Å². The molecule has 0 radical (unpaired) electrons. The van der Waals surface area contributed by atoms with Crippen LogP contribution >= 0.6 is 11.6 Å². The maximum atomic E-state index is 14.4. The van der Waals surface area contributed by atoms with Gasteiger partial charge >= 0.3 is 18.5 Å². The first kappa shape index (κ1) is 31.8. The molecule has 1 unspecified atom stereocenters. The van der Waals surface area contributed by atoms with E-state index in [1.165, 1.54) is 24.3 Å². The Hall–Kier alpha value is -4.13. The largest absolute Gasteiger partial charge is 0.419 e. The maximum Gasteiger partial charge on any atom is 0.419 e. The minimum Gasteiger partial charge on any atom is -0.337 e. The molecule has 3 aromatic carbocycles. The van der Waals surface area contributed by atoms with Gasteiger partial charge in [-0.1, -0.05) is 41.9 Å². The van der Waals surface area contributed by atoms with E-state index in [4.69, 9.17) is 11.6 Å². The van der Waals surface area contributed by atoms with Gasteiger partial charge in [-0.05, 0) is 59.7 Å². The van der Waals surface area contributed by atoms with Gasteiger partial charge in [0.2, 0.25) is 0 Å². The van der Waals surface area contributed by atoms with Crippen LogP contribution in [0.4, 0.5) is 43.9 Å². The fraction of sp³-hybridized carbons (Fsp3) is 0.172. The Bertz CT molecular complexity index is 1620. The molecule has 1 aromatic heterocycles. The molecule has 0 aliphatic heterocycles. The third kappa shape index (κ3) is 6.93. The second kappa shape index (κ2) is 11.5. The molecule has 0 saturated heterocycles. The minimum atomic E-state index is -5.27. The van der Waals surface area contributed by atoms with Crippen molar-refractivity contribution in [2.45, 2.75) is 30.5 Å². The fourth-order valence-corrected chi connectivity index (χ4v) is 4.61. The second-order valence-corrected chi connectivity index (χ2v) is 9.77. The number of pyridine rings is 1. The lowest BCUT2D eigenvalue weighted by Gasteiger charge is -2.37. The third-order valence-corrected chi connectivity index (χ3v) is 6.67. The van der Waals surface area contributed by atoms with Crippen molar-refractivity contribution in [3.05, 3.63) is 135 Å². The molecule has 1 heterocycles. The van der Waals surface area contributed by atoms with E-state index < -0.39 is 75.7 Å². The van der Waals surface area contributed by atoms with Crippen LogP contribution in [-0.4, -0.2) is 10.9 Å². The fourth-order valence-electron chi connectivity index (χ4n) is 4.50. The van der Waals surface area contributed by atoms with Crippen molar-refractivity contribution < 1.29 is 48.7 Å². The first-order valence-corrected chi connectivity index (χ1v) is 12.4. The lowest BCUT2D eigenvalue weighted by atomic mass is 9.77. The summed E-state index contributed by atoms with van der Waals surface area (Å²) in [5.41, 5.74) is -9.64. The number of hydrogen-bond acceptors (Lipinski definition) is 2. The number of nitrogens with one attached hydrogen (secondary N) is 1. The van der Waals surface area contributed by atoms with Gasteiger partial charge in [-0.25, -0.2) is 4.39 Å². The molecule has 14 heteroatoms. The van der Waals surface area contributed by atoms with Crippen molar-refractivity contribution >= 4 is 17.5 Å². The van der Waals surface area contributed by atoms with E-state index in [9.17, 15) is 48.7 Å². The highest BCUT2D eigenvalue weighted by molar-refractivity contribution is 6.30.